The van der Waals surface area contributed by atoms with Gasteiger partial charge >= 0.3 is 0 Å². The molecule has 0 aliphatic carbocycles. The first-order valence-electron chi connectivity index (χ1n) is 13.5. The molecule has 0 saturated carbocycles. The van der Waals surface area contributed by atoms with Crippen molar-refractivity contribution in [3.63, 3.8) is 0 Å². The molecule has 2 amide bonds. The van der Waals surface area contributed by atoms with Crippen molar-refractivity contribution in [3.05, 3.63) is 89.5 Å². The van der Waals surface area contributed by atoms with Crippen LogP contribution < -0.4 is 14.4 Å². The van der Waals surface area contributed by atoms with E-state index in [4.69, 9.17) is 4.74 Å². The summed E-state index contributed by atoms with van der Waals surface area (Å²) in [7, 11) is -2.53. The van der Waals surface area contributed by atoms with Crippen molar-refractivity contribution in [3.8, 4) is 5.75 Å². The predicted octanol–water partition coefficient (Wildman–Crippen LogP) is 4.84. The van der Waals surface area contributed by atoms with Gasteiger partial charge in [0.2, 0.25) is 11.8 Å². The van der Waals surface area contributed by atoms with Crippen LogP contribution in [-0.2, 0) is 26.2 Å². The van der Waals surface area contributed by atoms with Gasteiger partial charge in [0.15, 0.2) is 0 Å². The fourth-order valence-electron chi connectivity index (χ4n) is 4.45. The van der Waals surface area contributed by atoms with Crippen molar-refractivity contribution in [2.24, 2.45) is 0 Å². The van der Waals surface area contributed by atoms with Crippen molar-refractivity contribution < 1.29 is 22.7 Å². The Labute approximate surface area is 238 Å². The van der Waals surface area contributed by atoms with E-state index >= 15 is 0 Å². The third kappa shape index (κ3) is 7.21. The molecule has 0 aliphatic heterocycles. The van der Waals surface area contributed by atoms with Crippen LogP contribution in [0.25, 0.3) is 0 Å². The summed E-state index contributed by atoms with van der Waals surface area (Å²) in [6, 6.07) is 19.9. The monoisotopic (exact) mass is 565 g/mol. The van der Waals surface area contributed by atoms with Crippen molar-refractivity contribution in [2.75, 3.05) is 24.5 Å². The smallest absolute Gasteiger partial charge is 0.264 e. The Kier molecular flexibility index (Phi) is 10.7. The van der Waals surface area contributed by atoms with Crippen LogP contribution in [0.3, 0.4) is 0 Å². The Balaban J connectivity index is 2.07. The summed E-state index contributed by atoms with van der Waals surface area (Å²) in [4.78, 5) is 28.9. The molecule has 0 bridgehead atoms. The number of methoxy groups -OCH3 is 1. The topological polar surface area (TPSA) is 96.0 Å². The number of ether oxygens (including phenoxy) is 1. The minimum absolute atomic E-state index is 0.0816. The molecule has 1 N–H and O–H groups in total. The van der Waals surface area contributed by atoms with E-state index in [9.17, 15) is 18.0 Å². The maximum atomic E-state index is 14.1. The number of carbonyl (C=O) groups is 2. The Morgan fingerprint density at radius 2 is 1.60 bits per heavy atom. The highest BCUT2D eigenvalue weighted by Crippen LogP contribution is 2.29. The summed E-state index contributed by atoms with van der Waals surface area (Å²) >= 11 is 0. The molecule has 3 rings (SSSR count). The molecule has 40 heavy (non-hydrogen) atoms. The van der Waals surface area contributed by atoms with Gasteiger partial charge in [0.05, 0.1) is 17.7 Å². The lowest BCUT2D eigenvalue weighted by Crippen LogP contribution is -2.52. The highest BCUT2D eigenvalue weighted by molar-refractivity contribution is 7.92. The molecule has 8 nitrogen and oxygen atoms in total. The maximum Gasteiger partial charge on any atom is 0.264 e. The number of rotatable bonds is 13. The summed E-state index contributed by atoms with van der Waals surface area (Å²) in [5, 5.41) is 2.90. The van der Waals surface area contributed by atoms with Gasteiger partial charge in [-0.2, -0.15) is 0 Å². The van der Waals surface area contributed by atoms with E-state index in [1.54, 1.807) is 49.6 Å². The molecule has 1 atom stereocenters. The number of carbonyl (C=O) groups excluding carboxylic acids is 2. The normalized spacial score (nSPS) is 11.9. The molecule has 0 saturated heterocycles. The minimum Gasteiger partial charge on any atom is -0.497 e. The van der Waals surface area contributed by atoms with Crippen molar-refractivity contribution >= 4 is 27.5 Å². The van der Waals surface area contributed by atoms with Gasteiger partial charge in [-0.05, 0) is 73.7 Å². The average molecular weight is 566 g/mol. The molecule has 214 valence electrons. The third-order valence-electron chi connectivity index (χ3n) is 6.90. The fourth-order valence-corrected chi connectivity index (χ4v) is 5.94. The molecular weight excluding hydrogens is 526 g/mol. The summed E-state index contributed by atoms with van der Waals surface area (Å²) < 4.78 is 34.3. The summed E-state index contributed by atoms with van der Waals surface area (Å²) in [6.07, 6.45) is 1.12. The molecule has 0 aliphatic rings. The molecular formula is C31H39N3O5S. The number of benzene rings is 3. The van der Waals surface area contributed by atoms with E-state index in [0.717, 1.165) is 27.4 Å². The van der Waals surface area contributed by atoms with E-state index < -0.39 is 28.5 Å². The van der Waals surface area contributed by atoms with Gasteiger partial charge in [-0.1, -0.05) is 56.3 Å². The molecule has 0 spiro atoms. The number of amides is 2. The van der Waals surface area contributed by atoms with Gasteiger partial charge in [0, 0.05) is 13.1 Å². The van der Waals surface area contributed by atoms with Crippen LogP contribution in [0, 0.1) is 13.8 Å². The van der Waals surface area contributed by atoms with Crippen LogP contribution in [0.4, 0.5) is 5.69 Å². The third-order valence-corrected chi connectivity index (χ3v) is 8.68. The molecule has 0 unspecified atom stereocenters. The SMILES string of the molecule is CCCNC(=O)[C@@H](CC)N(Cc1ccc(OC)cc1)C(=O)CN(c1cccc(C)c1C)S(=O)(=O)c1ccccc1. The quantitative estimate of drug-likeness (QED) is 0.320. The number of nitrogens with one attached hydrogen (secondary N) is 1. The molecule has 0 heterocycles. The summed E-state index contributed by atoms with van der Waals surface area (Å²) in [5.74, 6) is -0.0745. The van der Waals surface area contributed by atoms with Crippen LogP contribution in [0.1, 0.15) is 43.4 Å². The number of anilines is 1. The second kappa shape index (κ2) is 14.0. The van der Waals surface area contributed by atoms with Crippen LogP contribution in [0.2, 0.25) is 0 Å². The van der Waals surface area contributed by atoms with Crippen molar-refractivity contribution in [1.29, 1.82) is 0 Å². The maximum absolute atomic E-state index is 14.1. The van der Waals surface area contributed by atoms with Crippen LogP contribution in [0.5, 0.6) is 5.75 Å². The summed E-state index contributed by atoms with van der Waals surface area (Å²) in [5.41, 5.74) is 2.87. The lowest BCUT2D eigenvalue weighted by Gasteiger charge is -2.33. The lowest BCUT2D eigenvalue weighted by atomic mass is 10.1. The van der Waals surface area contributed by atoms with Gasteiger partial charge < -0.3 is 15.0 Å². The second-order valence-electron chi connectivity index (χ2n) is 9.63. The highest BCUT2D eigenvalue weighted by atomic mass is 32.2. The number of aryl methyl sites for hydroxylation is 1. The van der Waals surface area contributed by atoms with Crippen molar-refractivity contribution in [1.82, 2.24) is 10.2 Å². The molecule has 0 aromatic heterocycles. The zero-order valence-corrected chi connectivity index (χ0v) is 24.7. The van der Waals surface area contributed by atoms with Crippen molar-refractivity contribution in [2.45, 2.75) is 58.0 Å². The Bertz CT molecular complexity index is 1390. The van der Waals surface area contributed by atoms with Gasteiger partial charge in [-0.3, -0.25) is 13.9 Å². The van der Waals surface area contributed by atoms with Gasteiger partial charge in [0.1, 0.15) is 18.3 Å². The number of sulfonamides is 1. The summed E-state index contributed by atoms with van der Waals surface area (Å²) in [6.45, 7) is 7.69. The standard InChI is InChI=1S/C31H39N3O5S/c1-6-20-32-31(36)28(7-2)33(21-25-16-18-26(39-5)19-17-25)30(35)22-34(29-15-11-12-23(3)24(29)4)40(37,38)27-13-9-8-10-14-27/h8-19,28H,6-7,20-22H2,1-5H3,(H,32,36)/t28-/m1/s1. The molecule has 9 heteroatoms. The van der Waals surface area contributed by atoms with Gasteiger partial charge in [-0.25, -0.2) is 8.42 Å². The van der Waals surface area contributed by atoms with Crippen LogP contribution in [-0.4, -0.2) is 51.4 Å². The molecule has 0 radical (unpaired) electrons. The predicted molar refractivity (Wildman–Crippen MR) is 158 cm³/mol. The zero-order chi connectivity index (χ0) is 29.3. The molecule has 3 aromatic carbocycles. The highest BCUT2D eigenvalue weighted by Gasteiger charge is 2.34. The number of hydrogen-bond acceptors (Lipinski definition) is 5. The van der Waals surface area contributed by atoms with E-state index in [-0.39, 0.29) is 17.3 Å². The van der Waals surface area contributed by atoms with E-state index in [2.05, 4.69) is 5.32 Å². The average Bonchev–Trinajstić information content (AvgIpc) is 2.96. The molecule has 0 fully saturated rings. The van der Waals surface area contributed by atoms with E-state index in [0.29, 0.717) is 24.4 Å². The number of nitrogens with zero attached hydrogens (tertiary/aromatic N) is 2. The first-order chi connectivity index (χ1) is 19.1. The molecule has 3 aromatic rings. The Hall–Kier alpha value is -3.85. The van der Waals surface area contributed by atoms with Crippen LogP contribution >= 0.6 is 0 Å². The van der Waals surface area contributed by atoms with Gasteiger partial charge in [-0.15, -0.1) is 0 Å². The van der Waals surface area contributed by atoms with E-state index in [1.807, 2.05) is 45.9 Å². The first-order valence-corrected chi connectivity index (χ1v) is 14.9. The number of hydrogen-bond donors (Lipinski definition) is 1. The first kappa shape index (κ1) is 30.7. The lowest BCUT2D eigenvalue weighted by molar-refractivity contribution is -0.140. The second-order valence-corrected chi connectivity index (χ2v) is 11.5. The Morgan fingerprint density at radius 3 is 2.20 bits per heavy atom. The fraction of sp³-hybridized carbons (Fsp3) is 0.355. The van der Waals surface area contributed by atoms with E-state index in [1.165, 1.54) is 17.0 Å². The van der Waals surface area contributed by atoms with Crippen LogP contribution in [0.15, 0.2) is 77.7 Å². The van der Waals surface area contributed by atoms with Gasteiger partial charge in [0.25, 0.3) is 10.0 Å². The largest absolute Gasteiger partial charge is 0.497 e. The Morgan fingerprint density at radius 1 is 0.925 bits per heavy atom. The minimum atomic E-state index is -4.10. The zero-order valence-electron chi connectivity index (χ0n) is 23.9.